The van der Waals surface area contributed by atoms with Crippen LogP contribution in [-0.2, 0) is 14.3 Å². The Morgan fingerprint density at radius 2 is 1.60 bits per heavy atom. The number of aryl methyl sites for hydroxylation is 2. The molecule has 0 N–H and O–H groups in total. The molecule has 7 heteroatoms. The predicted octanol–water partition coefficient (Wildman–Crippen LogP) is 6.09. The van der Waals surface area contributed by atoms with Gasteiger partial charge in [0, 0.05) is 16.5 Å². The first-order valence-electron chi connectivity index (χ1n) is 14.5. The normalized spacial score (nSPS) is 22.6. The van der Waals surface area contributed by atoms with E-state index < -0.39 is 5.97 Å². The molecule has 3 fully saturated rings. The Kier molecular flexibility index (Phi) is 6.26. The van der Waals surface area contributed by atoms with Crippen molar-refractivity contribution in [2.24, 2.45) is 23.7 Å². The van der Waals surface area contributed by atoms with Crippen molar-refractivity contribution < 1.29 is 23.9 Å². The van der Waals surface area contributed by atoms with Gasteiger partial charge in [-0.3, -0.25) is 19.3 Å². The Balaban J connectivity index is 1.18. The average Bonchev–Trinajstić information content (AvgIpc) is 3.70. The highest BCUT2D eigenvalue weighted by Gasteiger charge is 2.61. The van der Waals surface area contributed by atoms with Crippen molar-refractivity contribution in [3.63, 3.8) is 0 Å². The molecule has 4 atom stereocenters. The van der Waals surface area contributed by atoms with E-state index in [2.05, 4.69) is 0 Å². The summed E-state index contributed by atoms with van der Waals surface area (Å²) in [4.78, 5) is 59.1. The molecule has 3 aromatic carbocycles. The first-order chi connectivity index (χ1) is 20.3. The Hall–Kier alpha value is -4.65. The van der Waals surface area contributed by atoms with Gasteiger partial charge in [-0.2, -0.15) is 0 Å². The number of Topliss-reactive ketones (excluding diaryl/α,β-unsaturated/α-hetero) is 1. The lowest BCUT2D eigenvalue weighted by molar-refractivity contribution is -0.123. The third-order valence-corrected chi connectivity index (χ3v) is 9.43. The maximum atomic E-state index is 13.4. The van der Waals surface area contributed by atoms with Crippen molar-refractivity contribution in [1.82, 2.24) is 4.98 Å². The Morgan fingerprint density at radius 1 is 0.857 bits per heavy atom. The maximum Gasteiger partial charge on any atom is 0.339 e. The van der Waals surface area contributed by atoms with Crippen molar-refractivity contribution in [2.75, 3.05) is 11.5 Å². The second kappa shape index (κ2) is 10.0. The average molecular weight is 559 g/mol. The molecule has 2 aliphatic carbocycles. The summed E-state index contributed by atoms with van der Waals surface area (Å²) in [6.45, 7) is 3.52. The van der Waals surface area contributed by atoms with Crippen LogP contribution >= 0.6 is 0 Å². The van der Waals surface area contributed by atoms with Crippen molar-refractivity contribution in [1.29, 1.82) is 0 Å². The summed E-state index contributed by atoms with van der Waals surface area (Å²) in [6.07, 6.45) is 3.03. The summed E-state index contributed by atoms with van der Waals surface area (Å²) in [5.74, 6) is -0.896. The van der Waals surface area contributed by atoms with Gasteiger partial charge < -0.3 is 4.74 Å². The number of esters is 1. The van der Waals surface area contributed by atoms with Crippen LogP contribution in [0.1, 0.15) is 51.1 Å². The van der Waals surface area contributed by atoms with Crippen LogP contribution in [0.4, 0.5) is 5.69 Å². The molecule has 0 spiro atoms. The predicted molar refractivity (Wildman–Crippen MR) is 158 cm³/mol. The van der Waals surface area contributed by atoms with E-state index in [-0.39, 0.29) is 41.6 Å². The molecule has 4 unspecified atom stereocenters. The lowest BCUT2D eigenvalue weighted by Crippen LogP contribution is -2.32. The van der Waals surface area contributed by atoms with E-state index in [1.807, 2.05) is 44.2 Å². The molecule has 7 rings (SSSR count). The summed E-state index contributed by atoms with van der Waals surface area (Å²) in [5.41, 5.74) is 5.13. The van der Waals surface area contributed by atoms with Gasteiger partial charge in [-0.25, -0.2) is 9.78 Å². The maximum absolute atomic E-state index is 13.4. The van der Waals surface area contributed by atoms with Crippen LogP contribution in [0.5, 0.6) is 0 Å². The van der Waals surface area contributed by atoms with Crippen LogP contribution < -0.4 is 4.90 Å². The summed E-state index contributed by atoms with van der Waals surface area (Å²) in [6, 6.07) is 21.5. The highest BCUT2D eigenvalue weighted by Crippen LogP contribution is 2.56. The highest BCUT2D eigenvalue weighted by molar-refractivity contribution is 6.22. The third kappa shape index (κ3) is 4.23. The number of hydrogen-bond donors (Lipinski definition) is 0. The van der Waals surface area contributed by atoms with E-state index >= 15 is 0 Å². The van der Waals surface area contributed by atoms with E-state index in [1.165, 1.54) is 4.90 Å². The molecule has 7 nitrogen and oxygen atoms in total. The number of nitrogens with zero attached hydrogens (tertiary/aromatic N) is 2. The van der Waals surface area contributed by atoms with Crippen LogP contribution in [0.25, 0.3) is 22.2 Å². The SMILES string of the molecule is Cc1ccc(C(=O)COC(=O)c2cc(-c3cccc(N4C(=O)C5C6CCC(C6)C5C4=O)c3)nc3ccccc23)cc1C. The Bertz CT molecular complexity index is 1780. The Labute approximate surface area is 243 Å². The summed E-state index contributed by atoms with van der Waals surface area (Å²) >= 11 is 0. The molecule has 42 heavy (non-hydrogen) atoms. The third-order valence-electron chi connectivity index (χ3n) is 9.43. The number of amides is 2. The molecule has 2 saturated carbocycles. The standard InChI is InChI=1S/C35H30N2O5/c1-19-10-11-22(14-20(19)2)30(38)18-42-35(41)27-17-29(36-28-9-4-3-8-26(27)28)21-6-5-7-25(16-21)37-33(39)31-23-12-13-24(15-23)32(31)34(37)40/h3-11,14,16-17,23-24,31-32H,12-13,15,18H2,1-2H3. The number of aromatic nitrogens is 1. The van der Waals surface area contributed by atoms with Gasteiger partial charge in [0.2, 0.25) is 11.8 Å². The van der Waals surface area contributed by atoms with Gasteiger partial charge in [-0.15, -0.1) is 0 Å². The van der Waals surface area contributed by atoms with Crippen molar-refractivity contribution in [3.05, 3.63) is 95.1 Å². The van der Waals surface area contributed by atoms with Gasteiger partial charge in [-0.1, -0.05) is 42.5 Å². The van der Waals surface area contributed by atoms with Gasteiger partial charge in [0.15, 0.2) is 12.4 Å². The van der Waals surface area contributed by atoms with Crippen molar-refractivity contribution >= 4 is 40.2 Å². The van der Waals surface area contributed by atoms with Crippen LogP contribution in [0.2, 0.25) is 0 Å². The van der Waals surface area contributed by atoms with Gasteiger partial charge in [0.25, 0.3) is 0 Å². The summed E-state index contributed by atoms with van der Waals surface area (Å²) in [5, 5.41) is 0.606. The van der Waals surface area contributed by atoms with Crippen molar-refractivity contribution in [3.8, 4) is 11.3 Å². The number of benzene rings is 3. The zero-order chi connectivity index (χ0) is 29.1. The van der Waals surface area contributed by atoms with Crippen LogP contribution in [-0.4, -0.2) is 35.2 Å². The monoisotopic (exact) mass is 558 g/mol. The quantitative estimate of drug-likeness (QED) is 0.161. The smallest absolute Gasteiger partial charge is 0.339 e. The fraction of sp³-hybridized carbons (Fsp3) is 0.286. The minimum absolute atomic E-state index is 0.0986. The molecule has 0 radical (unpaired) electrons. The lowest BCUT2D eigenvalue weighted by atomic mass is 9.81. The van der Waals surface area contributed by atoms with Gasteiger partial charge in [0.1, 0.15) is 0 Å². The van der Waals surface area contributed by atoms with E-state index in [4.69, 9.17) is 9.72 Å². The van der Waals surface area contributed by atoms with E-state index in [0.717, 1.165) is 30.4 Å². The topological polar surface area (TPSA) is 93.6 Å². The number of hydrogen-bond acceptors (Lipinski definition) is 6. The summed E-state index contributed by atoms with van der Waals surface area (Å²) in [7, 11) is 0. The first kappa shape index (κ1) is 26.3. The molecule has 1 aliphatic heterocycles. The molecule has 3 aliphatic rings. The zero-order valence-corrected chi connectivity index (χ0v) is 23.5. The van der Waals surface area contributed by atoms with Gasteiger partial charge >= 0.3 is 5.97 Å². The van der Waals surface area contributed by atoms with Crippen LogP contribution in [0, 0.1) is 37.5 Å². The number of carbonyl (C=O) groups excluding carboxylic acids is 4. The number of rotatable bonds is 6. The number of anilines is 1. The molecule has 2 heterocycles. The fourth-order valence-corrected chi connectivity index (χ4v) is 7.17. The van der Waals surface area contributed by atoms with Crippen LogP contribution in [0.15, 0.2) is 72.8 Å². The number of carbonyl (C=O) groups is 4. The minimum atomic E-state index is -0.628. The van der Waals surface area contributed by atoms with E-state index in [9.17, 15) is 19.2 Å². The molecular weight excluding hydrogens is 528 g/mol. The number of fused-ring (bicyclic) bond motifs is 6. The Morgan fingerprint density at radius 3 is 2.33 bits per heavy atom. The second-order valence-electron chi connectivity index (χ2n) is 11.8. The lowest BCUT2D eigenvalue weighted by Gasteiger charge is -2.19. The number of para-hydroxylation sites is 1. The van der Waals surface area contributed by atoms with E-state index in [0.29, 0.717) is 45.2 Å². The van der Waals surface area contributed by atoms with Gasteiger partial charge in [0.05, 0.1) is 34.3 Å². The van der Waals surface area contributed by atoms with Crippen molar-refractivity contribution in [2.45, 2.75) is 33.1 Å². The number of imide groups is 1. The zero-order valence-electron chi connectivity index (χ0n) is 23.5. The molecule has 1 saturated heterocycles. The number of ketones is 1. The largest absolute Gasteiger partial charge is 0.454 e. The first-order valence-corrected chi connectivity index (χ1v) is 14.5. The minimum Gasteiger partial charge on any atom is -0.454 e. The van der Waals surface area contributed by atoms with Gasteiger partial charge in [-0.05, 0) is 86.4 Å². The number of pyridine rings is 1. The summed E-state index contributed by atoms with van der Waals surface area (Å²) < 4.78 is 5.50. The molecule has 2 bridgehead atoms. The highest BCUT2D eigenvalue weighted by atomic mass is 16.5. The molecule has 1 aromatic heterocycles. The fourth-order valence-electron chi connectivity index (χ4n) is 7.17. The molecular formula is C35H30N2O5. The molecule has 2 amide bonds. The second-order valence-corrected chi connectivity index (χ2v) is 11.8. The molecule has 4 aromatic rings. The molecule has 210 valence electrons. The van der Waals surface area contributed by atoms with E-state index in [1.54, 1.807) is 42.5 Å². The van der Waals surface area contributed by atoms with Crippen LogP contribution in [0.3, 0.4) is 0 Å². The number of ether oxygens (including phenoxy) is 1.